The highest BCUT2D eigenvalue weighted by Gasteiger charge is 2.59. The van der Waals surface area contributed by atoms with Crippen LogP contribution in [0.5, 0.6) is 0 Å². The van der Waals surface area contributed by atoms with Crippen LogP contribution in [0.25, 0.3) is 0 Å². The second-order valence-corrected chi connectivity index (χ2v) is 2.61. The average molecular weight is 112 g/mol. The molecule has 2 atom stereocenters. The quantitative estimate of drug-likeness (QED) is 0.458. The van der Waals surface area contributed by atoms with Crippen molar-refractivity contribution in [1.29, 1.82) is 0 Å². The fourth-order valence-electron chi connectivity index (χ4n) is 1.42. The Hall–Kier alpha value is -0.370. The lowest BCUT2D eigenvalue weighted by atomic mass is 10.3. The smallest absolute Gasteiger partial charge is 0.152 e. The topological polar surface area (TPSA) is 26.3 Å². The first-order valence-corrected chi connectivity index (χ1v) is 2.98. The van der Waals surface area contributed by atoms with E-state index in [1.165, 1.54) is 0 Å². The van der Waals surface area contributed by atoms with Gasteiger partial charge in [0, 0.05) is 12.5 Å². The molecule has 0 radical (unpaired) electrons. The molecule has 2 aliphatic rings. The van der Waals surface area contributed by atoms with Crippen LogP contribution in [-0.4, -0.2) is 18.5 Å². The Bertz CT molecular complexity index is 132. The molecule has 2 heteroatoms. The SMILES string of the molecule is O=CC12CC1CCO2. The van der Waals surface area contributed by atoms with Crippen molar-refractivity contribution in [2.75, 3.05) is 6.61 Å². The molecule has 0 bridgehead atoms. The first-order chi connectivity index (χ1) is 3.87. The van der Waals surface area contributed by atoms with Crippen LogP contribution < -0.4 is 0 Å². The number of carbonyl (C=O) groups is 1. The lowest BCUT2D eigenvalue weighted by molar-refractivity contribution is -0.118. The molecule has 1 aliphatic carbocycles. The number of carbonyl (C=O) groups excluding carboxylic acids is 1. The first-order valence-electron chi connectivity index (χ1n) is 2.98. The van der Waals surface area contributed by atoms with E-state index in [-0.39, 0.29) is 5.60 Å². The number of ether oxygens (including phenoxy) is 1. The van der Waals surface area contributed by atoms with Crippen molar-refractivity contribution in [3.05, 3.63) is 0 Å². The molecule has 0 N–H and O–H groups in total. The van der Waals surface area contributed by atoms with Gasteiger partial charge in [0.1, 0.15) is 5.60 Å². The van der Waals surface area contributed by atoms with Crippen LogP contribution in [0.3, 0.4) is 0 Å². The van der Waals surface area contributed by atoms with Gasteiger partial charge in [-0.15, -0.1) is 0 Å². The van der Waals surface area contributed by atoms with Gasteiger partial charge >= 0.3 is 0 Å². The van der Waals surface area contributed by atoms with Gasteiger partial charge in [0.2, 0.25) is 0 Å². The van der Waals surface area contributed by atoms with Gasteiger partial charge in [0.05, 0.1) is 0 Å². The minimum atomic E-state index is -0.278. The molecular weight excluding hydrogens is 104 g/mol. The summed E-state index contributed by atoms with van der Waals surface area (Å²) in [6, 6.07) is 0. The Morgan fingerprint density at radius 1 is 1.75 bits per heavy atom. The van der Waals surface area contributed by atoms with Gasteiger partial charge in [-0.3, -0.25) is 0 Å². The third kappa shape index (κ3) is 0.348. The van der Waals surface area contributed by atoms with E-state index in [1.54, 1.807) is 0 Å². The molecule has 1 saturated carbocycles. The predicted octanol–water partition coefficient (Wildman–Crippen LogP) is 0.364. The van der Waals surface area contributed by atoms with Crippen LogP contribution in [-0.2, 0) is 9.53 Å². The highest BCUT2D eigenvalue weighted by atomic mass is 16.5. The van der Waals surface area contributed by atoms with Gasteiger partial charge in [0.15, 0.2) is 6.29 Å². The van der Waals surface area contributed by atoms with Crippen molar-refractivity contribution in [3.8, 4) is 0 Å². The number of rotatable bonds is 1. The summed E-state index contributed by atoms with van der Waals surface area (Å²) in [5, 5.41) is 0. The molecule has 2 fully saturated rings. The van der Waals surface area contributed by atoms with Crippen LogP contribution in [0.1, 0.15) is 12.8 Å². The van der Waals surface area contributed by atoms with Crippen LogP contribution >= 0.6 is 0 Å². The number of hydrogen-bond acceptors (Lipinski definition) is 2. The highest BCUT2D eigenvalue weighted by Crippen LogP contribution is 2.52. The summed E-state index contributed by atoms with van der Waals surface area (Å²) in [7, 11) is 0. The first kappa shape index (κ1) is 4.50. The lowest BCUT2D eigenvalue weighted by Crippen LogP contribution is -2.12. The molecule has 0 aromatic heterocycles. The van der Waals surface area contributed by atoms with E-state index >= 15 is 0 Å². The van der Waals surface area contributed by atoms with E-state index in [9.17, 15) is 4.79 Å². The molecule has 0 aromatic carbocycles. The normalized spacial score (nSPS) is 50.8. The van der Waals surface area contributed by atoms with Crippen molar-refractivity contribution >= 4 is 6.29 Å². The molecule has 0 aromatic rings. The number of aldehydes is 1. The fraction of sp³-hybridized carbons (Fsp3) is 0.833. The maximum absolute atomic E-state index is 10.2. The standard InChI is InChI=1S/C6H8O2/c7-4-6-3-5(6)1-2-8-6/h4-5H,1-3H2. The van der Waals surface area contributed by atoms with Crippen molar-refractivity contribution in [3.63, 3.8) is 0 Å². The minimum Gasteiger partial charge on any atom is -0.367 e. The van der Waals surface area contributed by atoms with Crippen LogP contribution in [0.4, 0.5) is 0 Å². The van der Waals surface area contributed by atoms with Gasteiger partial charge < -0.3 is 9.53 Å². The third-order valence-electron chi connectivity index (χ3n) is 2.13. The molecule has 1 saturated heterocycles. The highest BCUT2D eigenvalue weighted by molar-refractivity contribution is 5.68. The lowest BCUT2D eigenvalue weighted by Gasteiger charge is -1.99. The zero-order chi connectivity index (χ0) is 5.61. The monoisotopic (exact) mass is 112 g/mol. The van der Waals surface area contributed by atoms with Crippen LogP contribution in [0.15, 0.2) is 0 Å². The van der Waals surface area contributed by atoms with E-state index in [0.717, 1.165) is 25.7 Å². The van der Waals surface area contributed by atoms with E-state index in [4.69, 9.17) is 4.74 Å². The molecule has 2 nitrogen and oxygen atoms in total. The van der Waals surface area contributed by atoms with Crippen molar-refractivity contribution < 1.29 is 9.53 Å². The molecule has 0 amide bonds. The van der Waals surface area contributed by atoms with Gasteiger partial charge in [0.25, 0.3) is 0 Å². The zero-order valence-electron chi connectivity index (χ0n) is 4.59. The molecule has 44 valence electrons. The second-order valence-electron chi connectivity index (χ2n) is 2.61. The number of fused-ring (bicyclic) bond motifs is 1. The van der Waals surface area contributed by atoms with E-state index in [1.807, 2.05) is 0 Å². The van der Waals surface area contributed by atoms with E-state index < -0.39 is 0 Å². The summed E-state index contributed by atoms with van der Waals surface area (Å²) in [4.78, 5) is 10.2. The maximum atomic E-state index is 10.2. The Kier molecular flexibility index (Phi) is 0.637. The molecule has 1 heterocycles. The number of hydrogen-bond donors (Lipinski definition) is 0. The second kappa shape index (κ2) is 1.13. The van der Waals surface area contributed by atoms with Gasteiger partial charge in [-0.25, -0.2) is 0 Å². The fourth-order valence-corrected chi connectivity index (χ4v) is 1.42. The molecule has 8 heavy (non-hydrogen) atoms. The van der Waals surface area contributed by atoms with Crippen molar-refractivity contribution in [1.82, 2.24) is 0 Å². The summed E-state index contributed by atoms with van der Waals surface area (Å²) < 4.78 is 5.20. The third-order valence-corrected chi connectivity index (χ3v) is 2.13. The molecule has 1 aliphatic heterocycles. The predicted molar refractivity (Wildman–Crippen MR) is 27.5 cm³/mol. The Balaban J connectivity index is 2.18. The Morgan fingerprint density at radius 2 is 2.62 bits per heavy atom. The Labute approximate surface area is 47.8 Å². The maximum Gasteiger partial charge on any atom is 0.152 e. The summed E-state index contributed by atoms with van der Waals surface area (Å²) >= 11 is 0. The molecule has 2 rings (SSSR count). The van der Waals surface area contributed by atoms with E-state index in [2.05, 4.69) is 0 Å². The molecule has 2 unspecified atom stereocenters. The van der Waals surface area contributed by atoms with Gasteiger partial charge in [-0.1, -0.05) is 0 Å². The minimum absolute atomic E-state index is 0.278. The van der Waals surface area contributed by atoms with Crippen LogP contribution in [0.2, 0.25) is 0 Å². The summed E-state index contributed by atoms with van der Waals surface area (Å²) in [5.41, 5.74) is -0.278. The molecule has 0 spiro atoms. The van der Waals surface area contributed by atoms with Crippen LogP contribution in [0, 0.1) is 5.92 Å². The van der Waals surface area contributed by atoms with Gasteiger partial charge in [-0.05, 0) is 12.8 Å². The summed E-state index contributed by atoms with van der Waals surface area (Å²) in [6.07, 6.45) is 3.04. The van der Waals surface area contributed by atoms with Gasteiger partial charge in [-0.2, -0.15) is 0 Å². The summed E-state index contributed by atoms with van der Waals surface area (Å²) in [6.45, 7) is 0.795. The molecular formula is C6H8O2. The zero-order valence-corrected chi connectivity index (χ0v) is 4.59. The Morgan fingerprint density at radius 3 is 2.88 bits per heavy atom. The van der Waals surface area contributed by atoms with E-state index in [0.29, 0.717) is 5.92 Å². The van der Waals surface area contributed by atoms with Crippen molar-refractivity contribution in [2.45, 2.75) is 18.4 Å². The average Bonchev–Trinajstić information content (AvgIpc) is 2.38. The van der Waals surface area contributed by atoms with Crippen molar-refractivity contribution in [2.24, 2.45) is 5.92 Å². The summed E-state index contributed by atoms with van der Waals surface area (Å²) in [5.74, 6) is 0.583. The largest absolute Gasteiger partial charge is 0.367 e.